The van der Waals surface area contributed by atoms with Crippen LogP contribution in [0.5, 0.6) is 0 Å². The number of pyridine rings is 1. The maximum Gasteiger partial charge on any atom is 0.0777 e. The molecule has 0 aliphatic carbocycles. The Balaban J connectivity index is 0.000000252. The molecule has 1 N–H and O–H groups in total. The van der Waals surface area contributed by atoms with Gasteiger partial charge >= 0.3 is 0 Å². The number of hydrogen-bond acceptors (Lipinski definition) is 5. The molecule has 13 heavy (non-hydrogen) atoms. The van der Waals surface area contributed by atoms with Gasteiger partial charge < -0.3 is 0 Å². The zero-order valence-electron chi connectivity index (χ0n) is 7.01. The van der Waals surface area contributed by atoms with Crippen LogP contribution in [0.4, 0.5) is 0 Å². The fourth-order valence-corrected chi connectivity index (χ4v) is 0.618. The molecule has 6 heteroatoms. The standard InChI is InChI=1S/C7H9N.ClHO4/c1-2-7-3-5-8-6-4-7;2-1(3,4)5/h3-6H,2H2,1H3;(H,2,3,4,5). The second-order valence-corrected chi connectivity index (χ2v) is 2.90. The molecular formula is C7H10ClNO4. The molecule has 0 aliphatic heterocycles. The summed E-state index contributed by atoms with van der Waals surface area (Å²) in [5.41, 5.74) is 1.35. The van der Waals surface area contributed by atoms with Gasteiger partial charge in [-0.25, -0.2) is 0 Å². The van der Waals surface area contributed by atoms with Gasteiger partial charge in [0, 0.05) is 12.4 Å². The lowest BCUT2D eigenvalue weighted by Crippen LogP contribution is -2.58. The second kappa shape index (κ2) is 5.85. The van der Waals surface area contributed by atoms with Gasteiger partial charge in [0.05, 0.1) is 14.9 Å². The summed E-state index contributed by atoms with van der Waals surface area (Å²) >= 11 is 0. The van der Waals surface area contributed by atoms with Crippen molar-refractivity contribution in [2.75, 3.05) is 0 Å². The Morgan fingerprint density at radius 2 is 1.69 bits per heavy atom. The normalized spacial score (nSPS) is 10.2. The Morgan fingerprint density at radius 1 is 1.31 bits per heavy atom. The Labute approximate surface area is 78.0 Å². The van der Waals surface area contributed by atoms with Crippen LogP contribution in [0.25, 0.3) is 0 Å². The fourth-order valence-electron chi connectivity index (χ4n) is 0.618. The van der Waals surface area contributed by atoms with Crippen LogP contribution in [-0.4, -0.2) is 9.64 Å². The molecule has 1 heterocycles. The molecule has 0 unspecified atom stereocenters. The Morgan fingerprint density at radius 3 is 1.92 bits per heavy atom. The van der Waals surface area contributed by atoms with Crippen LogP contribution in [0, 0.1) is 10.2 Å². The van der Waals surface area contributed by atoms with Crippen molar-refractivity contribution in [1.29, 1.82) is 0 Å². The zero-order chi connectivity index (χ0) is 10.3. The van der Waals surface area contributed by atoms with Gasteiger partial charge in [-0.3, -0.25) is 4.98 Å². The van der Waals surface area contributed by atoms with Crippen molar-refractivity contribution in [1.82, 2.24) is 4.98 Å². The van der Waals surface area contributed by atoms with Gasteiger partial charge in [-0.1, -0.05) is 6.92 Å². The van der Waals surface area contributed by atoms with Crippen LogP contribution in [0.1, 0.15) is 12.5 Å². The van der Waals surface area contributed by atoms with Crippen molar-refractivity contribution in [2.24, 2.45) is 0 Å². The summed E-state index contributed by atoms with van der Waals surface area (Å²) < 4.78 is 32.7. The van der Waals surface area contributed by atoms with Crippen LogP contribution in [0.15, 0.2) is 24.5 Å². The van der Waals surface area contributed by atoms with Crippen LogP contribution in [-0.2, 0) is 6.42 Å². The first kappa shape index (κ1) is 12.3. The first-order valence-electron chi connectivity index (χ1n) is 3.45. The van der Waals surface area contributed by atoms with Crippen LogP contribution in [0.2, 0.25) is 0 Å². The first-order chi connectivity index (χ1) is 5.93. The predicted molar refractivity (Wildman–Crippen MR) is 35.8 cm³/mol. The van der Waals surface area contributed by atoms with Crippen LogP contribution >= 0.6 is 0 Å². The topological polar surface area (TPSA) is 102 Å². The average Bonchev–Trinajstić information content (AvgIpc) is 2.03. The van der Waals surface area contributed by atoms with Crippen molar-refractivity contribution in [3.63, 3.8) is 0 Å². The lowest BCUT2D eigenvalue weighted by molar-refractivity contribution is -1.92. The molecule has 0 atom stereocenters. The minimum absolute atomic E-state index is 1.10. The minimum atomic E-state index is -4.69. The Hall–Kier alpha value is -0.720. The number of rotatable bonds is 1. The van der Waals surface area contributed by atoms with E-state index in [0.29, 0.717) is 0 Å². The summed E-state index contributed by atoms with van der Waals surface area (Å²) in [5.74, 6) is 0. The molecular weight excluding hydrogens is 198 g/mol. The molecule has 0 saturated heterocycles. The molecule has 0 amide bonds. The average molecular weight is 208 g/mol. The van der Waals surface area contributed by atoms with E-state index in [4.69, 9.17) is 18.6 Å². The highest BCUT2D eigenvalue weighted by atomic mass is 35.7. The smallest absolute Gasteiger partial charge is 0.0777 e. The van der Waals surface area contributed by atoms with Crippen molar-refractivity contribution < 1.29 is 28.9 Å². The summed E-state index contributed by atoms with van der Waals surface area (Å²) in [6.07, 6.45) is 4.74. The molecule has 0 radical (unpaired) electrons. The number of aryl methyl sites for hydroxylation is 1. The third-order valence-corrected chi connectivity index (χ3v) is 1.16. The van der Waals surface area contributed by atoms with Crippen molar-refractivity contribution in [3.05, 3.63) is 30.1 Å². The van der Waals surface area contributed by atoms with E-state index in [9.17, 15) is 0 Å². The molecule has 1 aromatic heterocycles. The molecule has 1 rings (SSSR count). The van der Waals surface area contributed by atoms with Gasteiger partial charge in [0.1, 0.15) is 0 Å². The highest BCUT2D eigenvalue weighted by Gasteiger charge is 1.98. The summed E-state index contributed by atoms with van der Waals surface area (Å²) in [7, 11) is -4.69. The first-order valence-corrected chi connectivity index (χ1v) is 4.72. The number of aromatic nitrogens is 1. The molecule has 74 valence electrons. The molecule has 0 bridgehead atoms. The molecule has 0 aliphatic rings. The molecule has 0 spiro atoms. The summed E-state index contributed by atoms with van der Waals surface area (Å²) in [6, 6.07) is 4.06. The highest BCUT2D eigenvalue weighted by Crippen LogP contribution is 1.94. The van der Waals surface area contributed by atoms with Crippen LogP contribution in [0.3, 0.4) is 0 Å². The van der Waals surface area contributed by atoms with E-state index in [0.717, 1.165) is 6.42 Å². The Kier molecular flexibility index (Phi) is 5.52. The molecule has 1 aromatic rings. The third kappa shape index (κ3) is 11.3. The lowest BCUT2D eigenvalue weighted by Gasteiger charge is -2.03. The number of hydrogen-bond donors (Lipinski definition) is 1. The molecule has 0 aromatic carbocycles. The molecule has 0 fully saturated rings. The largest absolute Gasteiger partial charge is 0.265 e. The van der Waals surface area contributed by atoms with E-state index in [1.807, 2.05) is 24.5 Å². The van der Waals surface area contributed by atoms with E-state index in [2.05, 4.69) is 11.9 Å². The predicted octanol–water partition coefficient (Wildman–Crippen LogP) is -2.48. The lowest BCUT2D eigenvalue weighted by atomic mass is 10.2. The van der Waals surface area contributed by atoms with Gasteiger partial charge in [0.15, 0.2) is 0 Å². The fraction of sp³-hybridized carbons (Fsp3) is 0.286. The second-order valence-electron chi connectivity index (χ2n) is 2.11. The monoisotopic (exact) mass is 207 g/mol. The SMILES string of the molecule is CCc1ccncc1.[O-][Cl+3]([O-])([O-])O. The minimum Gasteiger partial charge on any atom is -0.265 e. The zero-order valence-corrected chi connectivity index (χ0v) is 7.77. The molecule has 0 saturated carbocycles. The Bertz CT molecular complexity index is 218. The highest BCUT2D eigenvalue weighted by molar-refractivity contribution is 5.08. The van der Waals surface area contributed by atoms with Crippen LogP contribution < -0.4 is 14.0 Å². The number of nitrogens with zero attached hydrogens (tertiary/aromatic N) is 1. The van der Waals surface area contributed by atoms with Gasteiger partial charge in [0.2, 0.25) is 0 Å². The van der Waals surface area contributed by atoms with Crippen molar-refractivity contribution in [2.45, 2.75) is 13.3 Å². The summed E-state index contributed by atoms with van der Waals surface area (Å²) in [5, 5.41) is 0. The van der Waals surface area contributed by atoms with E-state index < -0.39 is 10.2 Å². The van der Waals surface area contributed by atoms with E-state index in [1.165, 1.54) is 5.56 Å². The van der Waals surface area contributed by atoms with E-state index >= 15 is 0 Å². The van der Waals surface area contributed by atoms with Gasteiger partial charge in [-0.15, -0.1) is 0 Å². The van der Waals surface area contributed by atoms with Gasteiger partial charge in [-0.05, 0) is 24.1 Å². The van der Waals surface area contributed by atoms with Crippen molar-refractivity contribution in [3.8, 4) is 0 Å². The van der Waals surface area contributed by atoms with E-state index in [1.54, 1.807) is 0 Å². The van der Waals surface area contributed by atoms with Gasteiger partial charge in [-0.2, -0.15) is 14.0 Å². The number of halogens is 1. The third-order valence-electron chi connectivity index (χ3n) is 1.16. The van der Waals surface area contributed by atoms with Gasteiger partial charge in [0.25, 0.3) is 0 Å². The molecule has 5 nitrogen and oxygen atoms in total. The van der Waals surface area contributed by atoms with E-state index in [-0.39, 0.29) is 0 Å². The summed E-state index contributed by atoms with van der Waals surface area (Å²) in [4.78, 5) is 3.89. The maximum atomic E-state index is 8.60. The maximum absolute atomic E-state index is 8.60. The summed E-state index contributed by atoms with van der Waals surface area (Å²) in [6.45, 7) is 2.13. The quantitative estimate of drug-likeness (QED) is 0.549. The van der Waals surface area contributed by atoms with Crippen molar-refractivity contribution >= 4 is 0 Å².